The van der Waals surface area contributed by atoms with Gasteiger partial charge in [0, 0.05) is 0 Å². The van der Waals surface area contributed by atoms with Gasteiger partial charge in [-0.15, -0.1) is 0 Å². The van der Waals surface area contributed by atoms with Crippen LogP contribution in [0.3, 0.4) is 0 Å². The summed E-state index contributed by atoms with van der Waals surface area (Å²) < 4.78 is 22.1. The van der Waals surface area contributed by atoms with E-state index in [9.17, 15) is 35.7 Å². The van der Waals surface area contributed by atoms with Crippen molar-refractivity contribution in [3.05, 3.63) is 0 Å². The SMILES string of the molecule is CCCC(CCC)CO[C@@H]1O[C@H](CO)C(OC2O[C@H](CO)C(O)[C@H](O)C2O)[C@H](O)C1O. The molecule has 2 aliphatic heterocycles. The van der Waals surface area contributed by atoms with Crippen LogP contribution in [0.5, 0.6) is 0 Å². The summed E-state index contributed by atoms with van der Waals surface area (Å²) in [7, 11) is 0. The standard InChI is InChI=1S/C20H38O11/c1-3-5-10(6-4-2)9-28-19-17(27)15(25)18(12(8-22)30-19)31-20-16(26)14(24)13(23)11(7-21)29-20/h10-27H,3-9H2,1-2H3/t11-,12-,13?,14+,15-,16?,17?,18?,19-,20?/m1/s1. The zero-order chi connectivity index (χ0) is 23.1. The van der Waals surface area contributed by atoms with Crippen molar-refractivity contribution < 1.29 is 54.7 Å². The first-order valence-corrected chi connectivity index (χ1v) is 11.0. The van der Waals surface area contributed by atoms with Crippen molar-refractivity contribution in [3.63, 3.8) is 0 Å². The van der Waals surface area contributed by atoms with Crippen LogP contribution in [0.25, 0.3) is 0 Å². The van der Waals surface area contributed by atoms with E-state index in [0.29, 0.717) is 6.61 Å². The Labute approximate surface area is 182 Å². The first-order chi connectivity index (χ1) is 14.8. The molecule has 11 nitrogen and oxygen atoms in total. The summed E-state index contributed by atoms with van der Waals surface area (Å²) >= 11 is 0. The van der Waals surface area contributed by atoms with Gasteiger partial charge in [-0.3, -0.25) is 0 Å². The number of ether oxygens (including phenoxy) is 4. The molecule has 0 radical (unpaired) electrons. The Balaban J connectivity index is 2.03. The summed E-state index contributed by atoms with van der Waals surface area (Å²) in [5.74, 6) is 0.276. The maximum absolute atomic E-state index is 10.6. The lowest BCUT2D eigenvalue weighted by Crippen LogP contribution is -2.64. The van der Waals surface area contributed by atoms with Gasteiger partial charge in [0.05, 0.1) is 19.8 Å². The molecule has 0 saturated carbocycles. The van der Waals surface area contributed by atoms with E-state index in [1.807, 2.05) is 0 Å². The highest BCUT2D eigenvalue weighted by Gasteiger charge is 2.50. The maximum atomic E-state index is 10.6. The van der Waals surface area contributed by atoms with Crippen LogP contribution in [0.2, 0.25) is 0 Å². The summed E-state index contributed by atoms with van der Waals surface area (Å²) in [6.07, 6.45) is -10.5. The van der Waals surface area contributed by atoms with Gasteiger partial charge in [0.15, 0.2) is 12.6 Å². The van der Waals surface area contributed by atoms with Crippen molar-refractivity contribution in [2.45, 2.75) is 101 Å². The van der Waals surface area contributed by atoms with Crippen molar-refractivity contribution >= 4 is 0 Å². The van der Waals surface area contributed by atoms with Crippen LogP contribution >= 0.6 is 0 Å². The summed E-state index contributed by atoms with van der Waals surface area (Å²) in [4.78, 5) is 0. The molecule has 184 valence electrons. The summed E-state index contributed by atoms with van der Waals surface area (Å²) in [6.45, 7) is 3.24. The molecule has 2 aliphatic rings. The lowest BCUT2D eigenvalue weighted by Gasteiger charge is -2.46. The molecule has 0 spiro atoms. The van der Waals surface area contributed by atoms with Crippen LogP contribution in [0.15, 0.2) is 0 Å². The Kier molecular flexibility index (Phi) is 11.0. The van der Waals surface area contributed by atoms with Gasteiger partial charge in [0.1, 0.15) is 48.8 Å². The molecular weight excluding hydrogens is 416 g/mol. The van der Waals surface area contributed by atoms with Crippen molar-refractivity contribution in [2.75, 3.05) is 19.8 Å². The van der Waals surface area contributed by atoms with Crippen molar-refractivity contribution in [1.82, 2.24) is 0 Å². The van der Waals surface area contributed by atoms with Gasteiger partial charge in [0.25, 0.3) is 0 Å². The monoisotopic (exact) mass is 454 g/mol. The number of hydrogen-bond donors (Lipinski definition) is 7. The van der Waals surface area contributed by atoms with Crippen molar-refractivity contribution in [1.29, 1.82) is 0 Å². The zero-order valence-electron chi connectivity index (χ0n) is 18.1. The van der Waals surface area contributed by atoms with Crippen LogP contribution in [0.4, 0.5) is 0 Å². The normalized spacial score (nSPS) is 41.6. The van der Waals surface area contributed by atoms with E-state index >= 15 is 0 Å². The molecule has 11 heteroatoms. The Morgan fingerprint density at radius 3 is 1.81 bits per heavy atom. The minimum Gasteiger partial charge on any atom is -0.394 e. The predicted molar refractivity (Wildman–Crippen MR) is 106 cm³/mol. The maximum Gasteiger partial charge on any atom is 0.187 e. The number of rotatable bonds is 11. The lowest BCUT2D eigenvalue weighted by atomic mass is 9.96. The fourth-order valence-corrected chi connectivity index (χ4v) is 4.05. The molecule has 2 rings (SSSR count). The molecule has 10 atom stereocenters. The van der Waals surface area contributed by atoms with Gasteiger partial charge in [-0.25, -0.2) is 0 Å². The molecule has 0 aromatic carbocycles. The molecule has 31 heavy (non-hydrogen) atoms. The van der Waals surface area contributed by atoms with E-state index < -0.39 is 74.6 Å². The smallest absolute Gasteiger partial charge is 0.187 e. The third-order valence-corrected chi connectivity index (χ3v) is 5.85. The second-order valence-electron chi connectivity index (χ2n) is 8.28. The number of hydrogen-bond acceptors (Lipinski definition) is 11. The molecule has 0 amide bonds. The molecule has 7 N–H and O–H groups in total. The Bertz CT molecular complexity index is 500. The molecule has 0 bridgehead atoms. The number of aliphatic hydroxyl groups excluding tert-OH is 7. The van der Waals surface area contributed by atoms with Gasteiger partial charge < -0.3 is 54.7 Å². The van der Waals surface area contributed by atoms with Crippen LogP contribution < -0.4 is 0 Å². The van der Waals surface area contributed by atoms with Gasteiger partial charge in [-0.05, 0) is 18.8 Å². The minimum atomic E-state index is -1.70. The highest BCUT2D eigenvalue weighted by atomic mass is 16.7. The molecule has 2 heterocycles. The van der Waals surface area contributed by atoms with E-state index in [4.69, 9.17) is 18.9 Å². The molecular formula is C20H38O11. The average Bonchev–Trinajstić information content (AvgIpc) is 2.76. The number of aliphatic hydroxyl groups is 7. The van der Waals surface area contributed by atoms with Gasteiger partial charge >= 0.3 is 0 Å². The minimum absolute atomic E-state index is 0.276. The third kappa shape index (κ3) is 6.55. The summed E-state index contributed by atoms with van der Waals surface area (Å²) in [6, 6.07) is 0. The van der Waals surface area contributed by atoms with Gasteiger partial charge in [-0.2, -0.15) is 0 Å². The molecule has 5 unspecified atom stereocenters. The second kappa shape index (κ2) is 12.7. The van der Waals surface area contributed by atoms with E-state index in [2.05, 4.69) is 13.8 Å². The molecule has 0 aliphatic carbocycles. The molecule has 0 aromatic heterocycles. The van der Waals surface area contributed by atoms with E-state index in [1.165, 1.54) is 0 Å². The first kappa shape index (κ1) is 26.8. The van der Waals surface area contributed by atoms with Crippen molar-refractivity contribution in [2.24, 2.45) is 5.92 Å². The third-order valence-electron chi connectivity index (χ3n) is 5.85. The highest BCUT2D eigenvalue weighted by molar-refractivity contribution is 4.94. The van der Waals surface area contributed by atoms with Crippen molar-refractivity contribution in [3.8, 4) is 0 Å². The van der Waals surface area contributed by atoms with E-state index in [0.717, 1.165) is 25.7 Å². The van der Waals surface area contributed by atoms with Crippen LogP contribution in [-0.4, -0.2) is 117 Å². The summed E-state index contributed by atoms with van der Waals surface area (Å²) in [5, 5.41) is 70.0. The van der Waals surface area contributed by atoms with E-state index in [-0.39, 0.29) is 5.92 Å². The van der Waals surface area contributed by atoms with Crippen LogP contribution in [-0.2, 0) is 18.9 Å². The molecule has 2 fully saturated rings. The largest absolute Gasteiger partial charge is 0.394 e. The highest BCUT2D eigenvalue weighted by Crippen LogP contribution is 2.30. The van der Waals surface area contributed by atoms with Crippen LogP contribution in [0, 0.1) is 5.92 Å². The zero-order valence-corrected chi connectivity index (χ0v) is 18.1. The average molecular weight is 455 g/mol. The fraction of sp³-hybridized carbons (Fsp3) is 1.00. The predicted octanol–water partition coefficient (Wildman–Crippen LogP) is -2.16. The topological polar surface area (TPSA) is 179 Å². The molecule has 2 saturated heterocycles. The Morgan fingerprint density at radius 1 is 0.710 bits per heavy atom. The quantitative estimate of drug-likeness (QED) is 0.181. The second-order valence-corrected chi connectivity index (χ2v) is 8.28. The Morgan fingerprint density at radius 2 is 1.26 bits per heavy atom. The fourth-order valence-electron chi connectivity index (χ4n) is 4.05. The lowest BCUT2D eigenvalue weighted by molar-refractivity contribution is -0.360. The van der Waals surface area contributed by atoms with Crippen LogP contribution in [0.1, 0.15) is 39.5 Å². The first-order valence-electron chi connectivity index (χ1n) is 11.0. The molecule has 0 aromatic rings. The van der Waals surface area contributed by atoms with Gasteiger partial charge in [-0.1, -0.05) is 26.7 Å². The Hall–Kier alpha value is -0.440. The van der Waals surface area contributed by atoms with E-state index in [1.54, 1.807) is 0 Å². The summed E-state index contributed by atoms with van der Waals surface area (Å²) in [5.41, 5.74) is 0. The van der Waals surface area contributed by atoms with Gasteiger partial charge in [0.2, 0.25) is 0 Å².